The van der Waals surface area contributed by atoms with Crippen LogP contribution in [0.25, 0.3) is 11.5 Å². The molecule has 0 radical (unpaired) electrons. The number of nitrogens with zero attached hydrogens (tertiary/aromatic N) is 2. The Kier molecular flexibility index (Phi) is 6.01. The largest absolute Gasteiger partial charge is 0.497 e. The number of methoxy groups -OCH3 is 2. The molecule has 8 nitrogen and oxygen atoms in total. The van der Waals surface area contributed by atoms with Crippen molar-refractivity contribution < 1.29 is 23.5 Å². The molecule has 8 heteroatoms. The van der Waals surface area contributed by atoms with Gasteiger partial charge in [0, 0.05) is 18.4 Å². The fraction of sp³-hybridized carbons (Fsp3) is 0.200. The van der Waals surface area contributed by atoms with Crippen LogP contribution in [0.15, 0.2) is 52.9 Å². The van der Waals surface area contributed by atoms with Crippen LogP contribution in [-0.2, 0) is 16.0 Å². The van der Waals surface area contributed by atoms with Gasteiger partial charge in [-0.3, -0.25) is 4.79 Å². The highest BCUT2D eigenvalue weighted by molar-refractivity contribution is 6.01. The molecule has 144 valence electrons. The lowest BCUT2D eigenvalue weighted by Crippen LogP contribution is -2.15. The molecule has 3 aromatic rings. The molecule has 1 heterocycles. The summed E-state index contributed by atoms with van der Waals surface area (Å²) in [4.78, 5) is 24.0. The fourth-order valence-corrected chi connectivity index (χ4v) is 2.52. The van der Waals surface area contributed by atoms with E-state index in [-0.39, 0.29) is 24.3 Å². The lowest BCUT2D eigenvalue weighted by atomic mass is 10.1. The molecule has 0 bridgehead atoms. The Morgan fingerprint density at radius 3 is 2.50 bits per heavy atom. The third kappa shape index (κ3) is 4.53. The zero-order valence-electron chi connectivity index (χ0n) is 15.5. The monoisotopic (exact) mass is 381 g/mol. The van der Waals surface area contributed by atoms with Gasteiger partial charge in [0.2, 0.25) is 17.7 Å². The Hall–Kier alpha value is -3.68. The van der Waals surface area contributed by atoms with Crippen molar-refractivity contribution in [1.82, 2.24) is 10.2 Å². The van der Waals surface area contributed by atoms with E-state index < -0.39 is 5.97 Å². The Labute approximate surface area is 161 Å². The normalized spacial score (nSPS) is 10.4. The molecular weight excluding hydrogens is 362 g/mol. The van der Waals surface area contributed by atoms with Crippen LogP contribution in [0, 0.1) is 0 Å². The molecule has 0 aliphatic carbocycles. The predicted molar refractivity (Wildman–Crippen MR) is 101 cm³/mol. The second-order valence-electron chi connectivity index (χ2n) is 5.81. The van der Waals surface area contributed by atoms with Crippen molar-refractivity contribution in [2.45, 2.75) is 12.8 Å². The van der Waals surface area contributed by atoms with Crippen molar-refractivity contribution in [1.29, 1.82) is 0 Å². The first-order chi connectivity index (χ1) is 13.6. The van der Waals surface area contributed by atoms with E-state index in [0.29, 0.717) is 17.5 Å². The Balaban J connectivity index is 1.60. The quantitative estimate of drug-likeness (QED) is 0.627. The molecule has 0 saturated carbocycles. The van der Waals surface area contributed by atoms with Crippen molar-refractivity contribution in [3.63, 3.8) is 0 Å². The molecule has 0 atom stereocenters. The van der Waals surface area contributed by atoms with Gasteiger partial charge in [0.05, 0.1) is 25.5 Å². The summed E-state index contributed by atoms with van der Waals surface area (Å²) in [5.74, 6) is 0.654. The minimum Gasteiger partial charge on any atom is -0.497 e. The minimum absolute atomic E-state index is 0.125. The Bertz CT molecular complexity index is 966. The average Bonchev–Trinajstić information content (AvgIpc) is 3.21. The molecule has 0 fully saturated rings. The van der Waals surface area contributed by atoms with Crippen LogP contribution in [0.2, 0.25) is 0 Å². The Morgan fingerprint density at radius 1 is 1.04 bits per heavy atom. The van der Waals surface area contributed by atoms with Gasteiger partial charge < -0.3 is 19.2 Å². The number of ether oxygens (including phenoxy) is 2. The van der Waals surface area contributed by atoms with Gasteiger partial charge in [-0.05, 0) is 36.4 Å². The molecule has 0 aliphatic heterocycles. The number of amides is 1. The van der Waals surface area contributed by atoms with Gasteiger partial charge in [-0.15, -0.1) is 10.2 Å². The second-order valence-corrected chi connectivity index (χ2v) is 5.81. The molecule has 0 spiro atoms. The molecule has 1 amide bonds. The summed E-state index contributed by atoms with van der Waals surface area (Å²) in [5.41, 5.74) is 1.44. The summed E-state index contributed by atoms with van der Waals surface area (Å²) in [6.45, 7) is 0. The number of hydrogen-bond donors (Lipinski definition) is 1. The van der Waals surface area contributed by atoms with Gasteiger partial charge >= 0.3 is 5.97 Å². The SMILES string of the molecule is COC(=O)c1ccccc1NC(=O)CCc1nnc(-c2ccc(OC)cc2)o1. The van der Waals surface area contributed by atoms with E-state index in [1.165, 1.54) is 7.11 Å². The van der Waals surface area contributed by atoms with E-state index in [0.717, 1.165) is 11.3 Å². The summed E-state index contributed by atoms with van der Waals surface area (Å²) in [6.07, 6.45) is 0.398. The zero-order valence-corrected chi connectivity index (χ0v) is 15.5. The van der Waals surface area contributed by atoms with Crippen molar-refractivity contribution in [3.05, 3.63) is 60.0 Å². The lowest BCUT2D eigenvalue weighted by Gasteiger charge is -2.08. The minimum atomic E-state index is -0.517. The van der Waals surface area contributed by atoms with Crippen molar-refractivity contribution in [2.75, 3.05) is 19.5 Å². The highest BCUT2D eigenvalue weighted by Gasteiger charge is 2.15. The van der Waals surface area contributed by atoms with E-state index in [4.69, 9.17) is 13.9 Å². The molecule has 0 saturated heterocycles. The molecule has 1 aromatic heterocycles. The van der Waals surface area contributed by atoms with Crippen LogP contribution < -0.4 is 10.1 Å². The smallest absolute Gasteiger partial charge is 0.339 e. The standard InChI is InChI=1S/C20H19N3O5/c1-26-14-9-7-13(8-10-14)19-23-22-18(28-19)12-11-17(24)21-16-6-4-3-5-15(16)20(25)27-2/h3-10H,11-12H2,1-2H3,(H,21,24). The van der Waals surface area contributed by atoms with Gasteiger partial charge in [0.15, 0.2) is 0 Å². The second kappa shape index (κ2) is 8.81. The van der Waals surface area contributed by atoms with E-state index >= 15 is 0 Å². The molecule has 28 heavy (non-hydrogen) atoms. The number of hydrogen-bond acceptors (Lipinski definition) is 7. The summed E-state index contributed by atoms with van der Waals surface area (Å²) in [6, 6.07) is 13.9. The van der Waals surface area contributed by atoms with Gasteiger partial charge in [-0.1, -0.05) is 12.1 Å². The highest BCUT2D eigenvalue weighted by atomic mass is 16.5. The van der Waals surface area contributed by atoms with Crippen LogP contribution in [0.3, 0.4) is 0 Å². The molecule has 0 aliphatic rings. The van der Waals surface area contributed by atoms with Gasteiger partial charge in [-0.25, -0.2) is 4.79 Å². The lowest BCUT2D eigenvalue weighted by molar-refractivity contribution is -0.116. The molecule has 1 N–H and O–H groups in total. The van der Waals surface area contributed by atoms with E-state index in [1.54, 1.807) is 43.5 Å². The van der Waals surface area contributed by atoms with E-state index in [9.17, 15) is 9.59 Å². The summed E-state index contributed by atoms with van der Waals surface area (Å²) in [7, 11) is 2.88. The zero-order chi connectivity index (χ0) is 19.9. The number of nitrogens with one attached hydrogen (secondary N) is 1. The number of anilines is 1. The first-order valence-electron chi connectivity index (χ1n) is 8.54. The first-order valence-corrected chi connectivity index (χ1v) is 8.54. The van der Waals surface area contributed by atoms with Crippen molar-refractivity contribution in [2.24, 2.45) is 0 Å². The number of aryl methyl sites for hydroxylation is 1. The fourth-order valence-electron chi connectivity index (χ4n) is 2.52. The Morgan fingerprint density at radius 2 is 1.79 bits per heavy atom. The molecular formula is C20H19N3O5. The van der Waals surface area contributed by atoms with E-state index in [1.807, 2.05) is 12.1 Å². The van der Waals surface area contributed by atoms with Gasteiger partial charge in [0.1, 0.15) is 5.75 Å². The van der Waals surface area contributed by atoms with Crippen LogP contribution in [0.1, 0.15) is 22.7 Å². The summed E-state index contributed by atoms with van der Waals surface area (Å²) >= 11 is 0. The molecule has 2 aromatic carbocycles. The third-order valence-electron chi connectivity index (χ3n) is 3.98. The van der Waals surface area contributed by atoms with Crippen LogP contribution in [0.4, 0.5) is 5.69 Å². The number of carbonyl (C=O) groups excluding carboxylic acids is 2. The first kappa shape index (κ1) is 19.1. The highest BCUT2D eigenvalue weighted by Crippen LogP contribution is 2.22. The van der Waals surface area contributed by atoms with E-state index in [2.05, 4.69) is 15.5 Å². The summed E-state index contributed by atoms with van der Waals surface area (Å²) < 4.78 is 15.4. The van der Waals surface area contributed by atoms with Crippen molar-refractivity contribution >= 4 is 17.6 Å². The maximum Gasteiger partial charge on any atom is 0.339 e. The van der Waals surface area contributed by atoms with Crippen LogP contribution >= 0.6 is 0 Å². The molecule has 0 unspecified atom stereocenters. The maximum atomic E-state index is 12.2. The van der Waals surface area contributed by atoms with Gasteiger partial charge in [0.25, 0.3) is 0 Å². The summed E-state index contributed by atoms with van der Waals surface area (Å²) in [5, 5.41) is 10.7. The van der Waals surface area contributed by atoms with Gasteiger partial charge in [-0.2, -0.15) is 0 Å². The molecule has 3 rings (SSSR count). The average molecular weight is 381 g/mol. The van der Waals surface area contributed by atoms with Crippen LogP contribution in [0.5, 0.6) is 5.75 Å². The van der Waals surface area contributed by atoms with Crippen molar-refractivity contribution in [3.8, 4) is 17.2 Å². The predicted octanol–water partition coefficient (Wildman–Crippen LogP) is 3.10. The number of esters is 1. The van der Waals surface area contributed by atoms with Crippen LogP contribution in [-0.4, -0.2) is 36.3 Å². The number of rotatable bonds is 7. The number of aromatic nitrogens is 2. The maximum absolute atomic E-state index is 12.2. The number of benzene rings is 2. The third-order valence-corrected chi connectivity index (χ3v) is 3.98. The number of carbonyl (C=O) groups is 2. The number of para-hydroxylation sites is 1. The topological polar surface area (TPSA) is 104 Å².